The fraction of sp³-hybridized carbons (Fsp3) is 0.0417. The average molecular weight is 1720 g/mol. The number of benzene rings is 16. The van der Waals surface area contributed by atoms with E-state index in [-0.39, 0.29) is 11.8 Å². The first-order valence-corrected chi connectivity index (χ1v) is 39.5. The molecule has 0 saturated carbocycles. The molecule has 4 atom stereocenters. The molecule has 5 aliphatic rings. The lowest BCUT2D eigenvalue weighted by molar-refractivity contribution is -0.0480. The Balaban J connectivity index is 0.000000101. The Morgan fingerprint density at radius 1 is 0.250 bits per heavy atom. The largest absolute Gasteiger partial charge is 0.455 e. The summed E-state index contributed by atoms with van der Waals surface area (Å²) in [4.78, 5) is 0. The first-order valence-electron chi connectivity index (χ1n) is 34.7. The van der Waals surface area contributed by atoms with Crippen molar-refractivity contribution >= 4 is 162 Å². The highest BCUT2D eigenvalue weighted by molar-refractivity contribution is 9.11. The standard InChI is InChI=1S/C32H20Br2O.C32H18Br2.C20H13BrO.C12H7Br/c33-21-15-13-20(14-16-21)32-26-12-5-4-11-25(26)31(35-32,19-7-2-1-3-8-19)29-23-10-6-9-22-27(34)18-17-24(28(22)23)30(29)32;33-21-15-13-20(14-16-21)29-23-10-5-4-9-22(23)28(19-7-2-1-3-8-19)31-25-12-6-11-24-27(34)18-17-26(30(24)25)32(29)31;21-16-12-10-15(11-13-16)20-18-9-5-4-8-17(18)19(22-20)14-6-2-1-3-7-14;13-11-7-6-9-5-4-8-2-1-3-10(11)12(8)9/h1-18,29-30H;1-18H;1-13H;1-7H. The fourth-order valence-electron chi connectivity index (χ4n) is 17.5. The number of hydrogen-bond donors (Lipinski definition) is 0. The Kier molecular flexibility index (Phi) is 16.6. The quantitative estimate of drug-likeness (QED) is 0.166. The van der Waals surface area contributed by atoms with E-state index in [9.17, 15) is 0 Å². The minimum absolute atomic E-state index is 0.173. The third-order valence-electron chi connectivity index (χ3n) is 21.7. The second kappa shape index (κ2) is 26.4. The molecule has 0 radical (unpaired) electrons. The molecule has 104 heavy (non-hydrogen) atoms. The van der Waals surface area contributed by atoms with Crippen LogP contribution < -0.4 is 0 Å². The topological polar surface area (TPSA) is 22.4 Å². The van der Waals surface area contributed by atoms with Gasteiger partial charge in [0.2, 0.25) is 0 Å². The third-order valence-corrected chi connectivity index (χ3v) is 25.3. The van der Waals surface area contributed by atoms with Crippen LogP contribution in [0.5, 0.6) is 0 Å². The van der Waals surface area contributed by atoms with Gasteiger partial charge in [0.25, 0.3) is 0 Å². The zero-order valence-corrected chi connectivity index (χ0v) is 65.1. The van der Waals surface area contributed by atoms with Crippen molar-refractivity contribution in [2.45, 2.75) is 23.0 Å². The van der Waals surface area contributed by atoms with E-state index in [0.29, 0.717) is 0 Å². The number of rotatable bonds is 6. The van der Waals surface area contributed by atoms with Gasteiger partial charge in [-0.15, -0.1) is 0 Å². The molecule has 4 unspecified atom stereocenters. The smallest absolute Gasteiger partial charge is 0.142 e. The van der Waals surface area contributed by atoms with E-state index in [1.165, 1.54) is 137 Å². The Labute approximate surface area is 653 Å². The fourth-order valence-corrected chi connectivity index (χ4v) is 19.7. The summed E-state index contributed by atoms with van der Waals surface area (Å²) < 4.78 is 20.5. The predicted molar refractivity (Wildman–Crippen MR) is 454 cm³/mol. The minimum Gasteiger partial charge on any atom is -0.455 e. The second-order valence-electron chi connectivity index (χ2n) is 27.0. The maximum atomic E-state index is 7.59. The van der Waals surface area contributed by atoms with E-state index < -0.39 is 11.2 Å². The Hall–Kier alpha value is -9.32. The van der Waals surface area contributed by atoms with Crippen LogP contribution in [0.15, 0.2) is 359 Å². The molecule has 0 amide bonds. The molecule has 2 bridgehead atoms. The molecule has 17 aromatic rings. The van der Waals surface area contributed by atoms with Crippen LogP contribution in [-0.2, 0) is 15.9 Å². The van der Waals surface area contributed by atoms with Gasteiger partial charge >= 0.3 is 0 Å². The number of hydrogen-bond acceptors (Lipinski definition) is 2. The van der Waals surface area contributed by atoms with Gasteiger partial charge in [0.1, 0.15) is 22.7 Å². The van der Waals surface area contributed by atoms with E-state index >= 15 is 0 Å². The zero-order valence-electron chi connectivity index (χ0n) is 55.6. The van der Waals surface area contributed by atoms with Gasteiger partial charge in [0, 0.05) is 60.6 Å². The highest BCUT2D eigenvalue weighted by Gasteiger charge is 2.73. The zero-order chi connectivity index (χ0) is 70.0. The summed E-state index contributed by atoms with van der Waals surface area (Å²) in [6, 6.07) is 117. The molecule has 2 nitrogen and oxygen atoms in total. The van der Waals surface area contributed by atoms with Crippen molar-refractivity contribution in [2.75, 3.05) is 0 Å². The minimum atomic E-state index is -0.572. The third kappa shape index (κ3) is 10.4. The van der Waals surface area contributed by atoms with Gasteiger partial charge in [-0.2, -0.15) is 0 Å². The first kappa shape index (κ1) is 65.4. The average Bonchev–Trinajstić information content (AvgIpc) is 1.47. The summed E-state index contributed by atoms with van der Waals surface area (Å²) in [5.41, 5.74) is 21.9. The lowest BCUT2D eigenvalue weighted by Crippen LogP contribution is -2.35. The normalized spacial score (nSPS) is 16.9. The Morgan fingerprint density at radius 3 is 1.21 bits per heavy atom. The van der Waals surface area contributed by atoms with E-state index in [4.69, 9.17) is 9.15 Å². The van der Waals surface area contributed by atoms with E-state index in [0.717, 1.165) is 55.8 Å². The van der Waals surface area contributed by atoms with Crippen LogP contribution in [-0.4, -0.2) is 0 Å². The number of furan rings is 1. The highest BCUT2D eigenvalue weighted by atomic mass is 79.9. The van der Waals surface area contributed by atoms with Gasteiger partial charge < -0.3 is 9.15 Å². The summed E-state index contributed by atoms with van der Waals surface area (Å²) in [6.45, 7) is 0. The van der Waals surface area contributed by atoms with Crippen LogP contribution in [0.1, 0.15) is 56.3 Å². The summed E-state index contributed by atoms with van der Waals surface area (Å²) in [7, 11) is 0. The molecule has 1 aromatic heterocycles. The van der Waals surface area contributed by atoms with Crippen LogP contribution in [0.4, 0.5) is 0 Å². The van der Waals surface area contributed by atoms with Gasteiger partial charge in [-0.3, -0.25) is 0 Å². The van der Waals surface area contributed by atoms with Gasteiger partial charge in [-0.25, -0.2) is 0 Å². The van der Waals surface area contributed by atoms with Crippen molar-refractivity contribution in [1.29, 1.82) is 0 Å². The molecular formula is C96H58Br6O2. The monoisotopic (exact) mass is 1720 g/mol. The summed E-state index contributed by atoms with van der Waals surface area (Å²) in [5, 5.41) is 12.8. The molecule has 496 valence electrons. The lowest BCUT2D eigenvalue weighted by atomic mass is 9.60. The number of ether oxygens (including phenoxy) is 1. The Bertz CT molecular complexity index is 6320. The Morgan fingerprint density at radius 2 is 0.635 bits per heavy atom. The van der Waals surface area contributed by atoms with E-state index in [2.05, 4.69) is 405 Å². The molecular weight excluding hydrogens is 1660 g/mol. The molecule has 3 heterocycles. The molecule has 1 saturated heterocycles. The van der Waals surface area contributed by atoms with Crippen LogP contribution >= 0.6 is 95.6 Å². The van der Waals surface area contributed by atoms with Crippen molar-refractivity contribution in [2.24, 2.45) is 0 Å². The van der Waals surface area contributed by atoms with Crippen molar-refractivity contribution in [3.63, 3.8) is 0 Å². The molecule has 16 aromatic carbocycles. The number of fused-ring (bicyclic) bond motifs is 15. The summed E-state index contributed by atoms with van der Waals surface area (Å²) in [5.74, 6) is 2.19. The van der Waals surface area contributed by atoms with Crippen LogP contribution in [0.2, 0.25) is 0 Å². The SMILES string of the molecule is Brc1ccc(-c2c3c(c(-c4ccccc4)c4ccccc24)-c2cccc4c(Br)ccc-3c24)cc1.Brc1ccc(-c2oc(-c3ccccc3)c3ccccc23)cc1.Brc1ccc(C23OC(c4ccccc4)(c4ccccc42)C2c4cccc5c(Br)ccc(c45)C23)cc1.Brc1ccc2c3c(cccc13)C=C2. The molecule has 22 rings (SSSR count). The molecule has 0 spiro atoms. The lowest BCUT2D eigenvalue weighted by Gasteiger charge is -2.38. The van der Waals surface area contributed by atoms with Crippen LogP contribution in [0.25, 0.3) is 133 Å². The van der Waals surface area contributed by atoms with Crippen molar-refractivity contribution in [3.8, 4) is 67.2 Å². The van der Waals surface area contributed by atoms with Crippen molar-refractivity contribution in [1.82, 2.24) is 0 Å². The molecule has 0 N–H and O–H groups in total. The van der Waals surface area contributed by atoms with E-state index in [1.54, 1.807) is 0 Å². The first-order chi connectivity index (χ1) is 51.1. The highest BCUT2D eigenvalue weighted by Crippen LogP contribution is 2.77. The van der Waals surface area contributed by atoms with Crippen molar-refractivity contribution in [3.05, 3.63) is 399 Å². The molecule has 8 heteroatoms. The summed E-state index contributed by atoms with van der Waals surface area (Å²) in [6.07, 6.45) is 4.34. The molecule has 1 fully saturated rings. The predicted octanol–water partition coefficient (Wildman–Crippen LogP) is 29.9. The van der Waals surface area contributed by atoms with Gasteiger partial charge in [0.15, 0.2) is 0 Å². The van der Waals surface area contributed by atoms with Gasteiger partial charge in [-0.1, -0.05) is 381 Å². The summed E-state index contributed by atoms with van der Waals surface area (Å²) >= 11 is 22.0. The second-order valence-corrected chi connectivity index (χ2v) is 32.3. The van der Waals surface area contributed by atoms with Gasteiger partial charge in [0.05, 0.1) is 0 Å². The van der Waals surface area contributed by atoms with E-state index in [1.807, 2.05) is 30.3 Å². The van der Waals surface area contributed by atoms with Crippen molar-refractivity contribution < 1.29 is 9.15 Å². The molecule has 2 aliphatic heterocycles. The van der Waals surface area contributed by atoms with Gasteiger partial charge in [-0.05, 0) is 187 Å². The maximum absolute atomic E-state index is 7.59. The maximum Gasteiger partial charge on any atom is 0.142 e. The van der Waals surface area contributed by atoms with Crippen LogP contribution in [0.3, 0.4) is 0 Å². The molecule has 3 aliphatic carbocycles. The van der Waals surface area contributed by atoms with Crippen LogP contribution in [0, 0.1) is 0 Å². The number of halogens is 6.